The first-order valence-electron chi connectivity index (χ1n) is 6.78. The molecule has 1 aliphatic heterocycles. The standard InChI is InChI=1S/C14H20N2O4S/c1-10-4-5-12(8-13(10)14(17)18)21(19,20)16-7-6-15(3)9-11(16)2/h4-5,8,11H,6-7,9H2,1-3H3,(H,17,18). The van der Waals surface area contributed by atoms with Gasteiger partial charge >= 0.3 is 5.97 Å². The number of nitrogens with zero attached hydrogens (tertiary/aromatic N) is 2. The highest BCUT2D eigenvalue weighted by Gasteiger charge is 2.33. The zero-order chi connectivity index (χ0) is 15.8. The average molecular weight is 312 g/mol. The van der Waals surface area contributed by atoms with Gasteiger partial charge in [-0.3, -0.25) is 0 Å². The first-order valence-corrected chi connectivity index (χ1v) is 8.22. The molecule has 0 aromatic heterocycles. The summed E-state index contributed by atoms with van der Waals surface area (Å²) in [5.41, 5.74) is 0.575. The lowest BCUT2D eigenvalue weighted by molar-refractivity contribution is 0.0696. The van der Waals surface area contributed by atoms with E-state index in [1.165, 1.54) is 22.5 Å². The van der Waals surface area contributed by atoms with Crippen LogP contribution < -0.4 is 0 Å². The van der Waals surface area contributed by atoms with Crippen molar-refractivity contribution in [2.24, 2.45) is 0 Å². The minimum Gasteiger partial charge on any atom is -0.478 e. The molecule has 1 aliphatic rings. The van der Waals surface area contributed by atoms with E-state index in [0.29, 0.717) is 25.2 Å². The van der Waals surface area contributed by atoms with Crippen LogP contribution in [-0.4, -0.2) is 61.4 Å². The van der Waals surface area contributed by atoms with Crippen molar-refractivity contribution in [3.63, 3.8) is 0 Å². The summed E-state index contributed by atoms with van der Waals surface area (Å²) in [6.45, 7) is 5.26. The number of hydrogen-bond donors (Lipinski definition) is 1. The molecular formula is C14H20N2O4S. The first-order chi connectivity index (χ1) is 9.73. The predicted molar refractivity (Wildman–Crippen MR) is 79.0 cm³/mol. The van der Waals surface area contributed by atoms with Gasteiger partial charge in [-0.25, -0.2) is 13.2 Å². The minimum absolute atomic E-state index is 0.0258. The summed E-state index contributed by atoms with van der Waals surface area (Å²) in [5, 5.41) is 9.14. The van der Waals surface area contributed by atoms with Crippen LogP contribution >= 0.6 is 0 Å². The second-order valence-corrected chi connectivity index (χ2v) is 7.40. The van der Waals surface area contributed by atoms with E-state index in [0.717, 1.165) is 0 Å². The van der Waals surface area contributed by atoms with Gasteiger partial charge in [0, 0.05) is 25.7 Å². The fourth-order valence-electron chi connectivity index (χ4n) is 2.61. The Kier molecular flexibility index (Phi) is 4.36. The van der Waals surface area contributed by atoms with E-state index < -0.39 is 16.0 Å². The van der Waals surface area contributed by atoms with Crippen molar-refractivity contribution >= 4 is 16.0 Å². The van der Waals surface area contributed by atoms with E-state index in [1.54, 1.807) is 6.92 Å². The summed E-state index contributed by atoms with van der Waals surface area (Å²) in [7, 11) is -1.71. The molecule has 1 N–H and O–H groups in total. The number of rotatable bonds is 3. The minimum atomic E-state index is -3.66. The number of carboxylic acids is 1. The van der Waals surface area contributed by atoms with Gasteiger partial charge in [-0.05, 0) is 38.6 Å². The Morgan fingerprint density at radius 1 is 1.33 bits per heavy atom. The van der Waals surface area contributed by atoms with E-state index in [2.05, 4.69) is 4.90 Å². The molecule has 0 saturated carbocycles. The number of aryl methyl sites for hydroxylation is 1. The molecule has 0 amide bonds. The van der Waals surface area contributed by atoms with Crippen molar-refractivity contribution in [2.75, 3.05) is 26.7 Å². The third-order valence-corrected chi connectivity index (χ3v) is 5.83. The fraction of sp³-hybridized carbons (Fsp3) is 0.500. The number of likely N-dealkylation sites (N-methyl/N-ethyl adjacent to an activating group) is 1. The first kappa shape index (κ1) is 15.9. The zero-order valence-corrected chi connectivity index (χ0v) is 13.2. The Bertz CT molecular complexity index is 657. The number of benzene rings is 1. The summed E-state index contributed by atoms with van der Waals surface area (Å²) < 4.78 is 26.9. The monoisotopic (exact) mass is 312 g/mol. The summed E-state index contributed by atoms with van der Waals surface area (Å²) in [4.78, 5) is 13.3. The number of hydrogen-bond acceptors (Lipinski definition) is 4. The molecule has 21 heavy (non-hydrogen) atoms. The van der Waals surface area contributed by atoms with Crippen molar-refractivity contribution < 1.29 is 18.3 Å². The number of aromatic carboxylic acids is 1. The Labute approximate surface area is 125 Å². The van der Waals surface area contributed by atoms with Crippen LogP contribution in [0.1, 0.15) is 22.8 Å². The van der Waals surface area contributed by atoms with Gasteiger partial charge in [0.2, 0.25) is 10.0 Å². The molecule has 6 nitrogen and oxygen atoms in total. The summed E-state index contributed by atoms with van der Waals surface area (Å²) in [5.74, 6) is -1.11. The number of sulfonamides is 1. The predicted octanol–water partition coefficient (Wildman–Crippen LogP) is 1.02. The molecule has 7 heteroatoms. The van der Waals surface area contributed by atoms with Crippen LogP contribution in [0.15, 0.2) is 23.1 Å². The van der Waals surface area contributed by atoms with Gasteiger partial charge in [0.1, 0.15) is 0 Å². The van der Waals surface area contributed by atoms with Gasteiger partial charge in [-0.2, -0.15) is 4.31 Å². The molecule has 1 heterocycles. The lowest BCUT2D eigenvalue weighted by Crippen LogP contribution is -2.52. The highest BCUT2D eigenvalue weighted by molar-refractivity contribution is 7.89. The SMILES string of the molecule is Cc1ccc(S(=O)(=O)N2CCN(C)CC2C)cc1C(=O)O. The van der Waals surface area contributed by atoms with Crippen LogP contribution in [0, 0.1) is 6.92 Å². The molecule has 116 valence electrons. The molecule has 1 aromatic rings. The lowest BCUT2D eigenvalue weighted by atomic mass is 10.1. The van der Waals surface area contributed by atoms with E-state index in [9.17, 15) is 13.2 Å². The van der Waals surface area contributed by atoms with Crippen molar-refractivity contribution in [3.05, 3.63) is 29.3 Å². The van der Waals surface area contributed by atoms with Gasteiger partial charge < -0.3 is 10.0 Å². The van der Waals surface area contributed by atoms with Gasteiger partial charge in [0.25, 0.3) is 0 Å². The summed E-state index contributed by atoms with van der Waals surface area (Å²) in [6, 6.07) is 4.13. The molecule has 0 spiro atoms. The topological polar surface area (TPSA) is 77.9 Å². The Morgan fingerprint density at radius 2 is 2.00 bits per heavy atom. The Hall–Kier alpha value is -1.44. The van der Waals surface area contributed by atoms with Crippen LogP contribution in [0.3, 0.4) is 0 Å². The maximum atomic E-state index is 12.7. The van der Waals surface area contributed by atoms with Crippen LogP contribution in [0.25, 0.3) is 0 Å². The summed E-state index contributed by atoms with van der Waals surface area (Å²) in [6.07, 6.45) is 0. The smallest absolute Gasteiger partial charge is 0.335 e. The van der Waals surface area contributed by atoms with Crippen LogP contribution in [0.4, 0.5) is 0 Å². The van der Waals surface area contributed by atoms with Crippen LogP contribution in [-0.2, 0) is 10.0 Å². The van der Waals surface area contributed by atoms with Crippen molar-refractivity contribution in [2.45, 2.75) is 24.8 Å². The maximum Gasteiger partial charge on any atom is 0.335 e. The fourth-order valence-corrected chi connectivity index (χ4v) is 4.25. The molecule has 1 aromatic carbocycles. The highest BCUT2D eigenvalue weighted by atomic mass is 32.2. The number of piperazine rings is 1. The molecule has 1 atom stereocenters. The zero-order valence-electron chi connectivity index (χ0n) is 12.4. The molecule has 0 aliphatic carbocycles. The third-order valence-electron chi connectivity index (χ3n) is 3.82. The normalized spacial score (nSPS) is 21.4. The van der Waals surface area contributed by atoms with Gasteiger partial charge in [-0.15, -0.1) is 0 Å². The lowest BCUT2D eigenvalue weighted by Gasteiger charge is -2.37. The number of carbonyl (C=O) groups is 1. The summed E-state index contributed by atoms with van der Waals surface area (Å²) >= 11 is 0. The molecule has 0 bridgehead atoms. The van der Waals surface area contributed by atoms with Gasteiger partial charge in [-0.1, -0.05) is 6.07 Å². The average Bonchev–Trinajstić information content (AvgIpc) is 2.38. The molecule has 1 saturated heterocycles. The van der Waals surface area contributed by atoms with E-state index in [1.807, 2.05) is 14.0 Å². The van der Waals surface area contributed by atoms with Gasteiger partial charge in [0.15, 0.2) is 0 Å². The molecule has 2 rings (SSSR count). The van der Waals surface area contributed by atoms with Gasteiger partial charge in [0.05, 0.1) is 10.5 Å². The highest BCUT2D eigenvalue weighted by Crippen LogP contribution is 2.23. The largest absolute Gasteiger partial charge is 0.478 e. The number of carboxylic acid groups (broad SMARTS) is 1. The van der Waals surface area contributed by atoms with Crippen molar-refractivity contribution in [1.29, 1.82) is 0 Å². The molecular weight excluding hydrogens is 292 g/mol. The Balaban J connectivity index is 2.40. The molecule has 0 radical (unpaired) electrons. The van der Waals surface area contributed by atoms with E-state index in [-0.39, 0.29) is 16.5 Å². The second-order valence-electron chi connectivity index (χ2n) is 5.51. The quantitative estimate of drug-likeness (QED) is 0.901. The van der Waals surface area contributed by atoms with Crippen molar-refractivity contribution in [3.8, 4) is 0 Å². The molecule has 1 fully saturated rings. The second kappa shape index (κ2) is 5.75. The van der Waals surface area contributed by atoms with Crippen LogP contribution in [0.5, 0.6) is 0 Å². The van der Waals surface area contributed by atoms with E-state index >= 15 is 0 Å². The molecule has 1 unspecified atom stereocenters. The van der Waals surface area contributed by atoms with Crippen molar-refractivity contribution in [1.82, 2.24) is 9.21 Å². The van der Waals surface area contributed by atoms with E-state index in [4.69, 9.17) is 5.11 Å². The van der Waals surface area contributed by atoms with Crippen LogP contribution in [0.2, 0.25) is 0 Å². The maximum absolute atomic E-state index is 12.7. The third kappa shape index (κ3) is 3.09. The Morgan fingerprint density at radius 3 is 2.57 bits per heavy atom.